The molecule has 17 heavy (non-hydrogen) atoms. The fourth-order valence-electron chi connectivity index (χ4n) is 1.34. The van der Waals surface area contributed by atoms with Gasteiger partial charge in [0, 0.05) is 0 Å². The number of esters is 1. The summed E-state index contributed by atoms with van der Waals surface area (Å²) in [6, 6.07) is 8.24. The van der Waals surface area contributed by atoms with Gasteiger partial charge in [0.2, 0.25) is 0 Å². The van der Waals surface area contributed by atoms with Gasteiger partial charge in [-0.05, 0) is 11.5 Å². The molecule has 0 amide bonds. The van der Waals surface area contributed by atoms with Gasteiger partial charge in [-0.25, -0.2) is 4.79 Å². The van der Waals surface area contributed by atoms with E-state index >= 15 is 0 Å². The average Bonchev–Trinajstić information content (AvgIpc) is 2.35. The largest absolute Gasteiger partial charge is 0.463 e. The number of aliphatic hydroxyl groups is 1. The van der Waals surface area contributed by atoms with E-state index in [9.17, 15) is 9.90 Å². The molecule has 94 valence electrons. The molecule has 2 atom stereocenters. The van der Waals surface area contributed by atoms with Crippen LogP contribution in [0.4, 0.5) is 0 Å². The maximum absolute atomic E-state index is 11.5. The van der Waals surface area contributed by atoms with Crippen LogP contribution in [-0.2, 0) is 9.53 Å². The summed E-state index contributed by atoms with van der Waals surface area (Å²) in [5.74, 6) is -0.436. The summed E-state index contributed by atoms with van der Waals surface area (Å²) in [6.07, 6.45) is -1.32. The summed E-state index contributed by atoms with van der Waals surface area (Å²) in [5.41, 5.74) is 6.50. The van der Waals surface area contributed by atoms with Crippen molar-refractivity contribution in [2.24, 2.45) is 11.7 Å². The molecule has 0 aliphatic rings. The Morgan fingerprint density at radius 1 is 1.35 bits per heavy atom. The lowest BCUT2D eigenvalue weighted by Gasteiger charge is -2.18. The third-order valence-corrected chi connectivity index (χ3v) is 2.33. The Balaban J connectivity index is 2.57. The second-order valence-electron chi connectivity index (χ2n) is 4.41. The number of hydrogen-bond donors (Lipinski definition) is 2. The van der Waals surface area contributed by atoms with Crippen molar-refractivity contribution in [2.75, 3.05) is 6.61 Å². The lowest BCUT2D eigenvalue weighted by atomic mass is 10.0. The van der Waals surface area contributed by atoms with E-state index in [1.807, 2.05) is 19.9 Å². The minimum Gasteiger partial charge on any atom is -0.463 e. The lowest BCUT2D eigenvalue weighted by molar-refractivity contribution is -0.155. The van der Waals surface area contributed by atoms with Gasteiger partial charge in [-0.1, -0.05) is 44.2 Å². The zero-order valence-corrected chi connectivity index (χ0v) is 10.2. The van der Waals surface area contributed by atoms with Crippen LogP contribution in [0, 0.1) is 5.92 Å². The van der Waals surface area contributed by atoms with E-state index in [0.29, 0.717) is 5.56 Å². The zero-order chi connectivity index (χ0) is 12.8. The Labute approximate surface area is 101 Å². The third kappa shape index (κ3) is 4.17. The van der Waals surface area contributed by atoms with Gasteiger partial charge in [-0.2, -0.15) is 0 Å². The molecule has 0 unspecified atom stereocenters. The van der Waals surface area contributed by atoms with Crippen LogP contribution in [0.25, 0.3) is 0 Å². The number of nitrogens with two attached hydrogens (primary N) is 1. The van der Waals surface area contributed by atoms with Crippen LogP contribution in [0.1, 0.15) is 25.5 Å². The summed E-state index contributed by atoms with van der Waals surface area (Å²) in [4.78, 5) is 11.5. The maximum Gasteiger partial charge on any atom is 0.336 e. The van der Waals surface area contributed by atoms with Crippen molar-refractivity contribution in [3.8, 4) is 0 Å². The lowest BCUT2D eigenvalue weighted by Crippen LogP contribution is -2.35. The van der Waals surface area contributed by atoms with Gasteiger partial charge in [0.1, 0.15) is 0 Å². The molecule has 0 spiro atoms. The molecule has 0 saturated heterocycles. The summed E-state index contributed by atoms with van der Waals surface area (Å²) in [5, 5.41) is 9.75. The molecule has 0 bridgehead atoms. The first kappa shape index (κ1) is 13.7. The predicted molar refractivity (Wildman–Crippen MR) is 65.2 cm³/mol. The van der Waals surface area contributed by atoms with E-state index in [1.54, 1.807) is 24.3 Å². The highest BCUT2D eigenvalue weighted by Gasteiger charge is 2.25. The summed E-state index contributed by atoms with van der Waals surface area (Å²) >= 11 is 0. The van der Waals surface area contributed by atoms with E-state index in [0.717, 1.165) is 0 Å². The molecule has 0 radical (unpaired) electrons. The molecule has 3 N–H and O–H groups in total. The van der Waals surface area contributed by atoms with Crippen molar-refractivity contribution < 1.29 is 14.6 Å². The highest BCUT2D eigenvalue weighted by atomic mass is 16.5. The molecule has 0 aliphatic carbocycles. The number of hydrogen-bond acceptors (Lipinski definition) is 4. The first-order valence-corrected chi connectivity index (χ1v) is 5.67. The summed E-state index contributed by atoms with van der Waals surface area (Å²) < 4.78 is 4.94. The van der Waals surface area contributed by atoms with Crippen molar-refractivity contribution in [2.45, 2.75) is 26.0 Å². The minimum atomic E-state index is -1.32. The van der Waals surface area contributed by atoms with E-state index in [1.165, 1.54) is 0 Å². The van der Waals surface area contributed by atoms with E-state index in [-0.39, 0.29) is 12.5 Å². The summed E-state index contributed by atoms with van der Waals surface area (Å²) in [6.45, 7) is 4.14. The predicted octanol–water partition coefficient (Wildman–Crippen LogP) is 1.25. The molecule has 0 saturated carbocycles. The number of aliphatic hydroxyl groups excluding tert-OH is 1. The third-order valence-electron chi connectivity index (χ3n) is 2.33. The van der Waals surface area contributed by atoms with Gasteiger partial charge in [0.15, 0.2) is 6.10 Å². The highest BCUT2D eigenvalue weighted by molar-refractivity contribution is 5.75. The van der Waals surface area contributed by atoms with Crippen molar-refractivity contribution in [3.05, 3.63) is 35.9 Å². The summed E-state index contributed by atoms with van der Waals surface area (Å²) in [7, 11) is 0. The smallest absolute Gasteiger partial charge is 0.336 e. The van der Waals surface area contributed by atoms with Gasteiger partial charge in [-0.3, -0.25) is 0 Å². The monoisotopic (exact) mass is 237 g/mol. The van der Waals surface area contributed by atoms with Gasteiger partial charge >= 0.3 is 5.97 Å². The van der Waals surface area contributed by atoms with Gasteiger partial charge < -0.3 is 15.6 Å². The number of carbonyl (C=O) groups excluding carboxylic acids is 1. The van der Waals surface area contributed by atoms with E-state index in [4.69, 9.17) is 10.5 Å². The first-order chi connectivity index (χ1) is 8.02. The van der Waals surface area contributed by atoms with Crippen LogP contribution >= 0.6 is 0 Å². The van der Waals surface area contributed by atoms with Crippen molar-refractivity contribution in [3.63, 3.8) is 0 Å². The maximum atomic E-state index is 11.5. The zero-order valence-electron chi connectivity index (χ0n) is 10.2. The van der Waals surface area contributed by atoms with Crippen molar-refractivity contribution in [1.29, 1.82) is 0 Å². The number of ether oxygens (including phenoxy) is 1. The SMILES string of the molecule is CC(C)COC(=O)[C@H](O)[C@@H](N)c1ccccc1. The van der Waals surface area contributed by atoms with Gasteiger partial charge in [-0.15, -0.1) is 0 Å². The average molecular weight is 237 g/mol. The molecule has 1 aromatic rings. The van der Waals surface area contributed by atoms with Crippen molar-refractivity contribution >= 4 is 5.97 Å². The molecule has 0 aromatic heterocycles. The number of carbonyl (C=O) groups is 1. The minimum absolute atomic E-state index is 0.235. The topological polar surface area (TPSA) is 72.5 Å². The quantitative estimate of drug-likeness (QED) is 0.756. The molecular weight excluding hydrogens is 218 g/mol. The number of rotatable bonds is 5. The Morgan fingerprint density at radius 3 is 2.47 bits per heavy atom. The molecule has 0 aliphatic heterocycles. The van der Waals surface area contributed by atoms with Crippen LogP contribution < -0.4 is 5.73 Å². The number of benzene rings is 1. The van der Waals surface area contributed by atoms with Crippen molar-refractivity contribution in [1.82, 2.24) is 0 Å². The van der Waals surface area contributed by atoms with Crippen LogP contribution in [0.5, 0.6) is 0 Å². The Kier molecular flexibility index (Phi) is 5.12. The van der Waals surface area contributed by atoms with E-state index < -0.39 is 18.1 Å². The van der Waals surface area contributed by atoms with Crippen LogP contribution in [0.3, 0.4) is 0 Å². The van der Waals surface area contributed by atoms with E-state index in [2.05, 4.69) is 0 Å². The Hall–Kier alpha value is -1.39. The Bertz CT molecular complexity index is 351. The molecule has 0 fully saturated rings. The molecule has 4 nitrogen and oxygen atoms in total. The first-order valence-electron chi connectivity index (χ1n) is 5.67. The normalized spacial score (nSPS) is 14.4. The van der Waals surface area contributed by atoms with Gasteiger partial charge in [0.25, 0.3) is 0 Å². The second-order valence-corrected chi connectivity index (χ2v) is 4.41. The molecule has 4 heteroatoms. The van der Waals surface area contributed by atoms with Gasteiger partial charge in [0.05, 0.1) is 12.6 Å². The molecule has 0 heterocycles. The standard InChI is InChI=1S/C13H19NO3/c1-9(2)8-17-13(16)12(15)11(14)10-6-4-3-5-7-10/h3-7,9,11-12,15H,8,14H2,1-2H3/t11-,12+/m0/s1. The highest BCUT2D eigenvalue weighted by Crippen LogP contribution is 2.14. The molecule has 1 rings (SSSR count). The van der Waals surface area contributed by atoms with Crippen LogP contribution in [-0.4, -0.2) is 23.8 Å². The molecular formula is C13H19NO3. The van der Waals surface area contributed by atoms with Crippen LogP contribution in [0.15, 0.2) is 30.3 Å². The second kappa shape index (κ2) is 6.37. The fourth-order valence-corrected chi connectivity index (χ4v) is 1.34. The molecule has 1 aromatic carbocycles. The fraction of sp³-hybridized carbons (Fsp3) is 0.462. The Morgan fingerprint density at radius 2 is 1.94 bits per heavy atom. The van der Waals surface area contributed by atoms with Crippen LogP contribution in [0.2, 0.25) is 0 Å².